The first-order valence-corrected chi connectivity index (χ1v) is 9.89. The number of hydrogen-bond acceptors (Lipinski definition) is 6. The molecule has 190 valence electrons. The molecule has 0 radical (unpaired) electrons. The molecule has 31 heavy (non-hydrogen) atoms. The van der Waals surface area contributed by atoms with E-state index in [1.807, 2.05) is 0 Å². The Labute approximate surface area is 265 Å². The lowest BCUT2D eigenvalue weighted by Crippen LogP contribution is -2.36. The topological polar surface area (TPSA) is 63.2 Å². The number of alkyl halides is 4. The fourth-order valence-corrected chi connectivity index (χ4v) is 1.42. The second-order valence-electron chi connectivity index (χ2n) is 3.84. The molecule has 0 unspecified atom stereocenters. The lowest BCUT2D eigenvalue weighted by molar-refractivity contribution is 0.0381. The van der Waals surface area contributed by atoms with Gasteiger partial charge in [0.25, 0.3) is 0 Å². The zero-order valence-electron chi connectivity index (χ0n) is 49.5. The van der Waals surface area contributed by atoms with Gasteiger partial charge in [0, 0.05) is 101 Å². The van der Waals surface area contributed by atoms with Gasteiger partial charge >= 0.3 is 0 Å². The van der Waals surface area contributed by atoms with Gasteiger partial charge in [-0.2, -0.15) is 0 Å². The molecule has 0 aromatic rings. The Morgan fingerprint density at radius 1 is 0.871 bits per heavy atom. The number of ether oxygens (including phenoxy) is 3. The van der Waals surface area contributed by atoms with Crippen LogP contribution < -0.4 is 5.32 Å². The number of halogens is 4. The Kier molecular flexibility index (Phi) is 8.26. The highest BCUT2D eigenvalue weighted by Crippen LogP contribution is 1.99. The molecule has 2 N–H and O–H groups in total. The molecule has 3 saturated heterocycles. The Hall–Kier alpha value is 1.30. The number of rotatable bonds is 7. The van der Waals surface area contributed by atoms with Gasteiger partial charge in [0.15, 0.2) is 0 Å². The molecule has 3 heterocycles. The molecule has 0 spiro atoms. The van der Waals surface area contributed by atoms with Crippen LogP contribution in [0, 0.1) is 0 Å². The average Bonchev–Trinajstić information content (AvgIpc) is 3.56. The first-order valence-electron chi connectivity index (χ1n) is 24.5. The number of nitrogens with one attached hydrogen (secondary N) is 1. The van der Waals surface area contributed by atoms with Crippen LogP contribution in [0.1, 0.15) is 78.6 Å². The van der Waals surface area contributed by atoms with Gasteiger partial charge in [-0.3, -0.25) is 4.90 Å². The smallest absolute Gasteiger partial charge is 0.0594 e. The summed E-state index contributed by atoms with van der Waals surface area (Å²) in [5.41, 5.74) is 0. The zero-order valence-corrected chi connectivity index (χ0v) is 20.1. The van der Waals surface area contributed by atoms with Crippen molar-refractivity contribution in [3.8, 4) is 0 Å². The van der Waals surface area contributed by atoms with E-state index in [-0.39, 0.29) is 0 Å². The van der Waals surface area contributed by atoms with Crippen molar-refractivity contribution < 1.29 is 65.9 Å². The van der Waals surface area contributed by atoms with E-state index >= 15 is 0 Å². The van der Waals surface area contributed by atoms with Gasteiger partial charge in [0.05, 0.1) is 39.9 Å². The van der Waals surface area contributed by atoms with Crippen LogP contribution in [0.15, 0.2) is 0 Å². The molecule has 0 bridgehead atoms. The predicted molar refractivity (Wildman–Crippen MR) is 141 cm³/mol. The number of aliphatic hydroxyl groups is 1. The normalized spacial score (nSPS) is 51.5. The van der Waals surface area contributed by atoms with Crippen LogP contribution in [0.2, 0.25) is 0 Å². The van der Waals surface area contributed by atoms with Crippen LogP contribution in [0.25, 0.3) is 0 Å². The SMILES string of the molecule is C1CCOC1.[2H]C([2H])(Cl)C([2H])([2H])C([2H])([2H])Br.[2H]C([2H])(Cl)C([2H])([2H])C([2H])([2H])N1C([2H])([2H])C([2H])([2H])OC([2H])([2H])C1([2H])[2H].[2H]C([2H])(O)C([2H])([2H])C([2H])([2H])Br.[2H]C1([2H])NC([2H])([2H])C([2H])([2H])OC1([2H])[2H]. The Bertz CT molecular complexity index is 1400. The fourth-order valence-electron chi connectivity index (χ4n) is 1.03. The van der Waals surface area contributed by atoms with Crippen LogP contribution in [0.4, 0.5) is 0 Å². The Balaban J connectivity index is 0. The van der Waals surface area contributed by atoms with Crippen LogP contribution in [-0.4, -0.2) is 111 Å². The van der Waals surface area contributed by atoms with Gasteiger partial charge in [0.2, 0.25) is 0 Å². The summed E-state index contributed by atoms with van der Waals surface area (Å²) in [6, 6.07) is 0. The second kappa shape index (κ2) is 33.5. The van der Waals surface area contributed by atoms with Crippen LogP contribution in [0.5, 0.6) is 0 Å². The first-order chi connectivity index (χ1) is 27.5. The highest BCUT2D eigenvalue weighted by atomic mass is 79.9. The maximum absolute atomic E-state index is 8.57. The van der Waals surface area contributed by atoms with Gasteiger partial charge in [0.1, 0.15) is 0 Å². The molecule has 3 fully saturated rings. The Morgan fingerprint density at radius 3 is 1.74 bits per heavy atom. The van der Waals surface area contributed by atoms with Crippen molar-refractivity contribution >= 4 is 55.1 Å². The quantitative estimate of drug-likeness (QED) is 0.404. The molecular formula is C21H44Br2Cl2N2O4. The average molecular weight is 654 g/mol. The molecular weight excluding hydrogens is 575 g/mol. The molecule has 6 nitrogen and oxygen atoms in total. The number of morpholine rings is 2. The van der Waals surface area contributed by atoms with Gasteiger partial charge in [-0.05, 0) is 38.5 Å². The van der Waals surface area contributed by atoms with Crippen LogP contribution in [0.3, 0.4) is 0 Å². The van der Waals surface area contributed by atoms with Crippen molar-refractivity contribution in [2.45, 2.75) is 32.0 Å². The first kappa shape index (κ1) is 7.65. The lowest BCUT2D eigenvalue weighted by Gasteiger charge is -2.25. The van der Waals surface area contributed by atoms with Gasteiger partial charge in [-0.25, -0.2) is 0 Å². The van der Waals surface area contributed by atoms with Crippen molar-refractivity contribution in [1.29, 1.82) is 0 Å². The molecule has 3 rings (SSSR count). The molecule has 0 aliphatic carbocycles. The minimum atomic E-state index is -3.92. The third-order valence-electron chi connectivity index (χ3n) is 1.99. The monoisotopic (exact) mass is 650 g/mol. The number of hydrogen-bond donors (Lipinski definition) is 2. The number of nitrogens with zero attached hydrogens (tertiary/aromatic N) is 1. The van der Waals surface area contributed by atoms with Crippen molar-refractivity contribution in [2.24, 2.45) is 0 Å². The highest BCUT2D eigenvalue weighted by Gasteiger charge is 2.08. The fraction of sp³-hybridized carbons (Fsp3) is 1.00. The summed E-state index contributed by atoms with van der Waals surface area (Å²) >= 11 is 14.8. The maximum Gasteiger partial charge on any atom is 0.0594 e. The van der Waals surface area contributed by atoms with E-state index < -0.39 is 112 Å². The summed E-state index contributed by atoms with van der Waals surface area (Å²) in [4.78, 5) is -0.684. The summed E-state index contributed by atoms with van der Waals surface area (Å²) in [6.45, 7) is -31.2. The molecule has 0 atom stereocenters. The third-order valence-corrected chi connectivity index (χ3v) is 2.57. The maximum atomic E-state index is 8.57. The molecule has 0 aromatic heterocycles. The van der Waals surface area contributed by atoms with E-state index in [4.69, 9.17) is 79.7 Å². The van der Waals surface area contributed by atoms with E-state index in [1.165, 1.54) is 12.8 Å². The second-order valence-corrected chi connectivity index (χ2v) is 5.01. The van der Waals surface area contributed by atoms with Crippen molar-refractivity contribution in [3.63, 3.8) is 0 Å². The largest absolute Gasteiger partial charge is 0.396 e. The molecule has 10 heteroatoms. The molecule has 3 aliphatic heterocycles. The lowest BCUT2D eigenvalue weighted by atomic mass is 10.4. The van der Waals surface area contributed by atoms with E-state index in [2.05, 4.69) is 41.3 Å². The van der Waals surface area contributed by atoms with Gasteiger partial charge in [-0.1, -0.05) is 31.9 Å². The molecule has 0 aromatic carbocycles. The van der Waals surface area contributed by atoms with Crippen molar-refractivity contribution in [1.82, 2.24) is 10.2 Å². The molecule has 0 saturated carbocycles. The standard InChI is InChI=1S/C7H14ClNO.C4H9NO.C4H8O.C3H6BrCl.C3H7BrO/c8-2-1-3-9-4-6-10-7-5-9;1-3-6-4-2-5-1;1-2-4-5-3-1;2*4-2-1-3-5/h1-7H2;5H,1-4H2;1-4H2;1-3H2;5H,1-3H2/i1D2,2D2,3D2,4D2,5D2,6D2,7D2;1D2,2D2,3D2,4D2;;2*1D2,2D2,3D2. The van der Waals surface area contributed by atoms with E-state index in [1.54, 1.807) is 5.32 Å². The molecule has 3 aliphatic rings. The van der Waals surface area contributed by atoms with Crippen LogP contribution in [-0.2, 0) is 14.2 Å². The summed E-state index contributed by atoms with van der Waals surface area (Å²) in [7, 11) is 0. The van der Waals surface area contributed by atoms with Gasteiger partial charge < -0.3 is 24.6 Å². The minimum Gasteiger partial charge on any atom is -0.396 e. The van der Waals surface area contributed by atoms with Gasteiger partial charge in [-0.15, -0.1) is 23.2 Å². The van der Waals surface area contributed by atoms with E-state index in [0.717, 1.165) is 13.2 Å². The molecule has 0 amide bonds. The van der Waals surface area contributed by atoms with Crippen molar-refractivity contribution in [3.05, 3.63) is 0 Å². The minimum absolute atomic E-state index is 0.684. The van der Waals surface area contributed by atoms with E-state index in [9.17, 15) is 0 Å². The van der Waals surface area contributed by atoms with Crippen LogP contribution >= 0.6 is 55.1 Å². The summed E-state index contributed by atoms with van der Waals surface area (Å²) < 4.78 is 257. The summed E-state index contributed by atoms with van der Waals surface area (Å²) in [6.07, 6.45) is -6.98. The predicted octanol–water partition coefficient (Wildman–Crippen LogP) is 4.12. The highest BCUT2D eigenvalue weighted by molar-refractivity contribution is 9.09. The summed E-state index contributed by atoms with van der Waals surface area (Å²) in [5.74, 6) is -6.19. The van der Waals surface area contributed by atoms with E-state index in [0.29, 0.717) is 0 Å². The Morgan fingerprint density at radius 2 is 1.42 bits per heavy atom. The van der Waals surface area contributed by atoms with Crippen molar-refractivity contribution in [2.75, 3.05) is 101 Å². The summed E-state index contributed by atoms with van der Waals surface area (Å²) in [5, 5.41) is 5.09. The zero-order chi connectivity index (χ0) is 53.7. The third kappa shape index (κ3) is 33.6.